The molecule has 0 aromatic heterocycles. The number of fused-ring (bicyclic) bond motifs is 1. The number of carbonyl (C=O) groups excluding carboxylic acids is 4. The number of hydrogen-bond donors (Lipinski definition) is 5. The van der Waals surface area contributed by atoms with Crippen LogP contribution in [0.3, 0.4) is 0 Å². The second-order valence-corrected chi connectivity index (χ2v) is 9.05. The van der Waals surface area contributed by atoms with Crippen molar-refractivity contribution in [1.29, 1.82) is 0 Å². The molecule has 1 aromatic rings. The van der Waals surface area contributed by atoms with Crippen LogP contribution < -0.4 is 26.0 Å². The zero-order valence-corrected chi connectivity index (χ0v) is 20.6. The molecule has 5 N–H and O–H groups in total. The molecular weight excluding hydrogens is 466 g/mol. The van der Waals surface area contributed by atoms with Crippen molar-refractivity contribution in [1.82, 2.24) is 26.2 Å². The summed E-state index contributed by atoms with van der Waals surface area (Å²) in [6.45, 7) is 3.12. The van der Waals surface area contributed by atoms with E-state index >= 15 is 0 Å². The van der Waals surface area contributed by atoms with E-state index < -0.39 is 36.4 Å². The van der Waals surface area contributed by atoms with Crippen LogP contribution in [0.1, 0.15) is 48.9 Å². The third-order valence-corrected chi connectivity index (χ3v) is 6.30. The van der Waals surface area contributed by atoms with E-state index in [1.807, 2.05) is 0 Å². The fourth-order valence-electron chi connectivity index (χ4n) is 4.25. The Morgan fingerprint density at radius 1 is 1.08 bits per heavy atom. The molecule has 2 aliphatic heterocycles. The number of ether oxygens (including phenoxy) is 1. The second kappa shape index (κ2) is 14.4. The number of nitrogens with one attached hydrogen (secondary N) is 4. The molecule has 1 fully saturated rings. The lowest BCUT2D eigenvalue weighted by Crippen LogP contribution is -2.51. The molecule has 36 heavy (non-hydrogen) atoms. The maximum atomic E-state index is 13.1. The van der Waals surface area contributed by atoms with Crippen LogP contribution in [0.25, 0.3) is 0 Å². The van der Waals surface area contributed by atoms with Gasteiger partial charge in [0.2, 0.25) is 17.7 Å². The van der Waals surface area contributed by atoms with Crippen molar-refractivity contribution in [3.05, 3.63) is 29.8 Å². The van der Waals surface area contributed by atoms with Crippen LogP contribution in [0.15, 0.2) is 24.3 Å². The summed E-state index contributed by atoms with van der Waals surface area (Å²) in [7, 11) is 0. The Morgan fingerprint density at radius 3 is 2.64 bits per heavy atom. The van der Waals surface area contributed by atoms with Crippen molar-refractivity contribution in [2.75, 3.05) is 45.9 Å². The highest BCUT2D eigenvalue weighted by Gasteiger charge is 2.26. The summed E-state index contributed by atoms with van der Waals surface area (Å²) in [5.74, 6) is -1.50. The van der Waals surface area contributed by atoms with Gasteiger partial charge in [0.1, 0.15) is 17.8 Å². The first-order valence-corrected chi connectivity index (χ1v) is 12.7. The van der Waals surface area contributed by atoms with Gasteiger partial charge in [-0.2, -0.15) is 0 Å². The molecule has 198 valence electrons. The van der Waals surface area contributed by atoms with E-state index in [4.69, 9.17) is 4.74 Å². The lowest BCUT2D eigenvalue weighted by Gasteiger charge is -2.27. The van der Waals surface area contributed by atoms with E-state index in [9.17, 15) is 24.3 Å². The maximum Gasteiger partial charge on any atom is 0.255 e. The molecule has 0 bridgehead atoms. The third-order valence-electron chi connectivity index (χ3n) is 6.30. The molecular formula is C25H37N5O6. The normalized spacial score (nSPS) is 22.9. The van der Waals surface area contributed by atoms with Gasteiger partial charge in [-0.25, -0.2) is 0 Å². The highest BCUT2D eigenvalue weighted by Crippen LogP contribution is 2.18. The number of para-hydroxylation sites is 1. The van der Waals surface area contributed by atoms with E-state index in [2.05, 4.69) is 26.2 Å². The molecule has 2 aliphatic rings. The lowest BCUT2D eigenvalue weighted by atomic mass is 10.1. The minimum atomic E-state index is -1.10. The Morgan fingerprint density at radius 2 is 1.86 bits per heavy atom. The minimum Gasteiger partial charge on any atom is -0.493 e. The van der Waals surface area contributed by atoms with Gasteiger partial charge in [-0.1, -0.05) is 18.6 Å². The van der Waals surface area contributed by atoms with Gasteiger partial charge in [-0.15, -0.1) is 0 Å². The summed E-state index contributed by atoms with van der Waals surface area (Å²) >= 11 is 0. The van der Waals surface area contributed by atoms with Crippen molar-refractivity contribution in [2.24, 2.45) is 0 Å². The number of benzene rings is 1. The zero-order chi connectivity index (χ0) is 25.8. The van der Waals surface area contributed by atoms with Crippen LogP contribution in [0.5, 0.6) is 5.75 Å². The predicted molar refractivity (Wildman–Crippen MR) is 132 cm³/mol. The average molecular weight is 504 g/mol. The molecule has 0 aliphatic carbocycles. The average Bonchev–Trinajstić information content (AvgIpc) is 2.89. The fraction of sp³-hybridized carbons (Fsp3) is 0.600. The molecule has 2 heterocycles. The molecule has 0 radical (unpaired) electrons. The summed E-state index contributed by atoms with van der Waals surface area (Å²) in [5.41, 5.74) is 0.282. The van der Waals surface area contributed by atoms with Crippen LogP contribution >= 0.6 is 0 Å². The van der Waals surface area contributed by atoms with E-state index in [1.165, 1.54) is 6.42 Å². The number of amides is 4. The second-order valence-electron chi connectivity index (χ2n) is 9.05. The largest absolute Gasteiger partial charge is 0.493 e. The molecule has 11 nitrogen and oxygen atoms in total. The highest BCUT2D eigenvalue weighted by atomic mass is 16.5. The number of likely N-dealkylation sites (tertiary alicyclic amines) is 1. The SMILES string of the molecule is O=C1CC[C@@H](C(=O)NCCN2CCCCC2)NC(=O)c2ccccc2OCCCNC(=O)[C@H](CO)N1. The first-order chi connectivity index (χ1) is 17.5. The highest BCUT2D eigenvalue weighted by molar-refractivity contribution is 5.99. The predicted octanol–water partition coefficient (Wildman–Crippen LogP) is -0.457. The van der Waals surface area contributed by atoms with Crippen LogP contribution in [-0.2, 0) is 14.4 Å². The van der Waals surface area contributed by atoms with Crippen LogP contribution in [0.2, 0.25) is 0 Å². The molecule has 1 aromatic carbocycles. The number of aliphatic hydroxyl groups excluding tert-OH is 1. The fourth-order valence-corrected chi connectivity index (χ4v) is 4.25. The molecule has 3 rings (SSSR count). The zero-order valence-electron chi connectivity index (χ0n) is 20.6. The smallest absolute Gasteiger partial charge is 0.255 e. The number of carbonyl (C=O) groups is 4. The molecule has 11 heteroatoms. The van der Waals surface area contributed by atoms with Gasteiger partial charge in [0.15, 0.2) is 0 Å². The van der Waals surface area contributed by atoms with Crippen LogP contribution in [0, 0.1) is 0 Å². The van der Waals surface area contributed by atoms with Crippen LogP contribution in [0.4, 0.5) is 0 Å². The summed E-state index contributed by atoms with van der Waals surface area (Å²) in [4.78, 5) is 53.2. The molecule has 1 saturated heterocycles. The quantitative estimate of drug-likeness (QED) is 0.365. The Bertz CT molecular complexity index is 905. The topological polar surface area (TPSA) is 149 Å². The van der Waals surface area contributed by atoms with Crippen molar-refractivity contribution in [3.8, 4) is 5.75 Å². The third kappa shape index (κ3) is 8.49. The number of rotatable bonds is 5. The number of nitrogens with zero attached hydrogens (tertiary/aromatic N) is 1. The number of hydrogen-bond acceptors (Lipinski definition) is 7. The molecule has 4 amide bonds. The van der Waals surface area contributed by atoms with Gasteiger partial charge in [-0.05, 0) is 50.9 Å². The minimum absolute atomic E-state index is 0.0237. The summed E-state index contributed by atoms with van der Waals surface area (Å²) < 4.78 is 5.75. The van der Waals surface area contributed by atoms with Crippen molar-refractivity contribution in [3.63, 3.8) is 0 Å². The molecule has 0 saturated carbocycles. The van der Waals surface area contributed by atoms with E-state index in [1.54, 1.807) is 24.3 Å². The Kier molecular flexibility index (Phi) is 11.0. The number of piperidine rings is 1. The lowest BCUT2D eigenvalue weighted by molar-refractivity contribution is -0.130. The monoisotopic (exact) mass is 503 g/mol. The summed E-state index contributed by atoms with van der Waals surface area (Å²) in [6.07, 6.45) is 3.88. The van der Waals surface area contributed by atoms with Gasteiger partial charge in [-0.3, -0.25) is 19.2 Å². The van der Waals surface area contributed by atoms with Crippen molar-refractivity contribution >= 4 is 23.6 Å². The van der Waals surface area contributed by atoms with Gasteiger partial charge < -0.3 is 36.0 Å². The molecule has 0 unspecified atom stereocenters. The van der Waals surface area contributed by atoms with Gasteiger partial charge in [0.25, 0.3) is 5.91 Å². The first kappa shape index (κ1) is 27.4. The van der Waals surface area contributed by atoms with Gasteiger partial charge in [0, 0.05) is 26.1 Å². The van der Waals surface area contributed by atoms with Crippen molar-refractivity contribution < 1.29 is 29.0 Å². The standard InChI is InChI=1S/C25H37N5O6/c31-17-20-25(35)26-11-6-16-36-21-8-3-2-7-18(21)23(33)29-19(9-10-22(32)28-20)24(34)27-12-15-30-13-4-1-5-14-30/h2-3,7-8,19-20,31H,1,4-6,9-17H2,(H,26,35)(H,27,34)(H,28,32)(H,29,33)/t19-,20-/m0/s1. The number of aliphatic hydroxyl groups is 1. The van der Waals surface area contributed by atoms with E-state index in [0.29, 0.717) is 18.7 Å². The summed E-state index contributed by atoms with van der Waals surface area (Å²) in [6, 6.07) is 4.66. The van der Waals surface area contributed by atoms with E-state index in [-0.39, 0.29) is 37.5 Å². The summed E-state index contributed by atoms with van der Waals surface area (Å²) in [5, 5.41) is 20.3. The van der Waals surface area contributed by atoms with Crippen LogP contribution in [-0.4, -0.2) is 91.7 Å². The Balaban J connectivity index is 1.71. The first-order valence-electron chi connectivity index (χ1n) is 12.7. The van der Waals surface area contributed by atoms with Crippen molar-refractivity contribution in [2.45, 2.75) is 50.6 Å². The maximum absolute atomic E-state index is 13.1. The Hall–Kier alpha value is -3.18. The Labute approximate surface area is 211 Å². The van der Waals surface area contributed by atoms with Gasteiger partial charge >= 0.3 is 0 Å². The van der Waals surface area contributed by atoms with Gasteiger partial charge in [0.05, 0.1) is 18.8 Å². The molecule has 0 spiro atoms. The van der Waals surface area contributed by atoms with E-state index in [0.717, 1.165) is 32.5 Å². The molecule has 2 atom stereocenters.